The third kappa shape index (κ3) is 3.91. The van der Waals surface area contributed by atoms with E-state index in [4.69, 9.17) is 16.3 Å². The molecular weight excluding hydrogens is 246 g/mol. The number of likely N-dealkylation sites (N-methyl/N-ethyl adjacent to an activating group) is 1. The van der Waals surface area contributed by atoms with E-state index >= 15 is 0 Å². The molecule has 1 aliphatic heterocycles. The molecule has 6 N–H and O–H groups in total. The van der Waals surface area contributed by atoms with Crippen molar-refractivity contribution in [3.05, 3.63) is 6.07 Å². The van der Waals surface area contributed by atoms with Gasteiger partial charge in [-0.3, -0.25) is 4.90 Å². The standard InChI is InChI=1S/C11H21N7O/c1-2-18-3-4-19-8(7-18)6-14-9-5-10(17-13)16-11(12)15-9/h5,8H,2-4,6-7,13H2,1H3,(H4,12,14,15,16,17). The SMILES string of the molecule is CCN1CCOC(CNc2cc(NN)nc(N)n2)C1. The lowest BCUT2D eigenvalue weighted by Crippen LogP contribution is -2.45. The Labute approximate surface area is 112 Å². The van der Waals surface area contributed by atoms with Gasteiger partial charge in [-0.05, 0) is 6.54 Å². The number of nitrogens with two attached hydrogens (primary N) is 2. The molecule has 0 amide bonds. The Balaban J connectivity index is 1.89. The van der Waals surface area contributed by atoms with Gasteiger partial charge in [-0.2, -0.15) is 9.97 Å². The number of hydrazine groups is 1. The van der Waals surface area contributed by atoms with Gasteiger partial charge in [-0.25, -0.2) is 5.84 Å². The lowest BCUT2D eigenvalue weighted by Gasteiger charge is -2.32. The van der Waals surface area contributed by atoms with E-state index in [0.717, 1.165) is 26.2 Å². The van der Waals surface area contributed by atoms with Crippen molar-refractivity contribution in [1.29, 1.82) is 0 Å². The van der Waals surface area contributed by atoms with Crippen LogP contribution >= 0.6 is 0 Å². The maximum absolute atomic E-state index is 5.70. The summed E-state index contributed by atoms with van der Waals surface area (Å²) in [5, 5.41) is 3.20. The molecule has 8 nitrogen and oxygen atoms in total. The van der Waals surface area contributed by atoms with Crippen molar-refractivity contribution in [3.8, 4) is 0 Å². The number of nitrogen functional groups attached to an aromatic ring is 2. The maximum atomic E-state index is 5.70. The predicted molar refractivity (Wildman–Crippen MR) is 74.6 cm³/mol. The van der Waals surface area contributed by atoms with Crippen molar-refractivity contribution in [2.45, 2.75) is 13.0 Å². The summed E-state index contributed by atoms with van der Waals surface area (Å²) in [6, 6.07) is 1.71. The van der Waals surface area contributed by atoms with Crippen LogP contribution in [-0.4, -0.2) is 53.8 Å². The third-order valence-corrected chi connectivity index (χ3v) is 3.07. The summed E-state index contributed by atoms with van der Waals surface area (Å²) in [5.74, 6) is 6.60. The van der Waals surface area contributed by atoms with Gasteiger partial charge >= 0.3 is 0 Å². The number of anilines is 3. The second kappa shape index (κ2) is 6.50. The zero-order valence-corrected chi connectivity index (χ0v) is 11.1. The molecule has 1 atom stereocenters. The van der Waals surface area contributed by atoms with Gasteiger partial charge < -0.3 is 21.2 Å². The van der Waals surface area contributed by atoms with E-state index in [1.807, 2.05) is 0 Å². The Hall–Kier alpha value is -1.64. The topological polar surface area (TPSA) is 114 Å². The number of rotatable bonds is 5. The number of morpholine rings is 1. The van der Waals surface area contributed by atoms with Crippen LogP contribution in [0.3, 0.4) is 0 Å². The molecule has 1 aliphatic rings. The predicted octanol–water partition coefficient (Wildman–Crippen LogP) is -0.523. The summed E-state index contributed by atoms with van der Waals surface area (Å²) in [7, 11) is 0. The molecule has 0 bridgehead atoms. The highest BCUT2D eigenvalue weighted by Gasteiger charge is 2.19. The minimum absolute atomic E-state index is 0.152. The normalized spacial score (nSPS) is 20.2. The van der Waals surface area contributed by atoms with Gasteiger partial charge in [0.05, 0.1) is 12.7 Å². The van der Waals surface area contributed by atoms with Gasteiger partial charge in [0, 0.05) is 25.7 Å². The second-order valence-electron chi connectivity index (χ2n) is 4.41. The molecule has 0 aromatic carbocycles. The van der Waals surface area contributed by atoms with E-state index in [2.05, 4.69) is 32.5 Å². The molecule has 1 unspecified atom stereocenters. The molecule has 1 fully saturated rings. The molecule has 8 heteroatoms. The molecule has 0 spiro atoms. The van der Waals surface area contributed by atoms with Gasteiger partial charge in [0.1, 0.15) is 11.6 Å². The molecule has 19 heavy (non-hydrogen) atoms. The summed E-state index contributed by atoms with van der Waals surface area (Å²) in [4.78, 5) is 10.4. The molecule has 1 aromatic heterocycles. The average molecular weight is 267 g/mol. The minimum atomic E-state index is 0.152. The first-order chi connectivity index (χ1) is 9.21. The quantitative estimate of drug-likeness (QED) is 0.416. The van der Waals surface area contributed by atoms with Crippen LogP contribution in [0.15, 0.2) is 6.07 Å². The number of nitrogens with zero attached hydrogens (tertiary/aromatic N) is 3. The Morgan fingerprint density at radius 2 is 2.26 bits per heavy atom. The molecule has 2 rings (SSSR count). The van der Waals surface area contributed by atoms with E-state index in [-0.39, 0.29) is 12.1 Å². The molecule has 0 aliphatic carbocycles. The monoisotopic (exact) mass is 267 g/mol. The van der Waals surface area contributed by atoms with E-state index in [1.165, 1.54) is 0 Å². The van der Waals surface area contributed by atoms with E-state index in [9.17, 15) is 0 Å². The molecule has 0 radical (unpaired) electrons. The minimum Gasteiger partial charge on any atom is -0.374 e. The third-order valence-electron chi connectivity index (χ3n) is 3.07. The van der Waals surface area contributed by atoms with Crippen molar-refractivity contribution < 1.29 is 4.74 Å². The van der Waals surface area contributed by atoms with Gasteiger partial charge in [-0.1, -0.05) is 6.92 Å². The average Bonchev–Trinajstić information content (AvgIpc) is 2.44. The molecular formula is C11H21N7O. The number of hydrogen-bond donors (Lipinski definition) is 4. The highest BCUT2D eigenvalue weighted by molar-refractivity contribution is 5.50. The first-order valence-corrected chi connectivity index (χ1v) is 6.40. The highest BCUT2D eigenvalue weighted by Crippen LogP contribution is 2.12. The fourth-order valence-corrected chi connectivity index (χ4v) is 2.04. The Kier molecular flexibility index (Phi) is 4.72. The van der Waals surface area contributed by atoms with Gasteiger partial charge in [0.2, 0.25) is 5.95 Å². The van der Waals surface area contributed by atoms with Crippen LogP contribution in [0.2, 0.25) is 0 Å². The number of aromatic nitrogens is 2. The summed E-state index contributed by atoms with van der Waals surface area (Å²) in [5.41, 5.74) is 8.04. The maximum Gasteiger partial charge on any atom is 0.223 e. The molecule has 1 saturated heterocycles. The van der Waals surface area contributed by atoms with Gasteiger partial charge in [-0.15, -0.1) is 0 Å². The van der Waals surface area contributed by atoms with Crippen LogP contribution in [0, 0.1) is 0 Å². The van der Waals surface area contributed by atoms with Crippen molar-refractivity contribution in [2.75, 3.05) is 49.3 Å². The van der Waals surface area contributed by atoms with Crippen LogP contribution in [0.5, 0.6) is 0 Å². The smallest absolute Gasteiger partial charge is 0.223 e. The molecule has 1 aromatic rings. The van der Waals surface area contributed by atoms with Crippen molar-refractivity contribution >= 4 is 17.6 Å². The van der Waals surface area contributed by atoms with E-state index < -0.39 is 0 Å². The Bertz CT molecular complexity index is 414. The first kappa shape index (κ1) is 13.8. The molecule has 0 saturated carbocycles. The van der Waals surface area contributed by atoms with Gasteiger partial charge in [0.15, 0.2) is 0 Å². The first-order valence-electron chi connectivity index (χ1n) is 6.40. The summed E-state index contributed by atoms with van der Waals surface area (Å²) in [6.07, 6.45) is 0.152. The van der Waals surface area contributed by atoms with E-state index in [1.54, 1.807) is 6.07 Å². The van der Waals surface area contributed by atoms with Crippen molar-refractivity contribution in [3.63, 3.8) is 0 Å². The number of hydrogen-bond acceptors (Lipinski definition) is 8. The summed E-state index contributed by atoms with van der Waals surface area (Å²) < 4.78 is 5.70. The Morgan fingerprint density at radius 3 is 3.00 bits per heavy atom. The largest absolute Gasteiger partial charge is 0.374 e. The van der Waals surface area contributed by atoms with Crippen molar-refractivity contribution in [2.24, 2.45) is 5.84 Å². The molecule has 2 heterocycles. The van der Waals surface area contributed by atoms with Crippen LogP contribution in [0.4, 0.5) is 17.6 Å². The number of nitrogens with one attached hydrogen (secondary N) is 2. The fraction of sp³-hybridized carbons (Fsp3) is 0.636. The number of ether oxygens (including phenoxy) is 1. The lowest BCUT2D eigenvalue weighted by molar-refractivity contribution is -0.0192. The fourth-order valence-electron chi connectivity index (χ4n) is 2.04. The Morgan fingerprint density at radius 1 is 1.47 bits per heavy atom. The van der Waals surface area contributed by atoms with Crippen LogP contribution in [-0.2, 0) is 4.74 Å². The van der Waals surface area contributed by atoms with Crippen LogP contribution < -0.4 is 22.3 Å². The summed E-state index contributed by atoms with van der Waals surface area (Å²) in [6.45, 7) is 6.56. The van der Waals surface area contributed by atoms with Crippen molar-refractivity contribution in [1.82, 2.24) is 14.9 Å². The van der Waals surface area contributed by atoms with Gasteiger partial charge in [0.25, 0.3) is 0 Å². The van der Waals surface area contributed by atoms with Crippen LogP contribution in [0.1, 0.15) is 6.92 Å². The molecule has 106 valence electrons. The zero-order valence-electron chi connectivity index (χ0n) is 11.1. The second-order valence-corrected chi connectivity index (χ2v) is 4.41. The highest BCUT2D eigenvalue weighted by atomic mass is 16.5. The zero-order chi connectivity index (χ0) is 13.7. The van der Waals surface area contributed by atoms with E-state index in [0.29, 0.717) is 18.2 Å². The summed E-state index contributed by atoms with van der Waals surface area (Å²) >= 11 is 0. The lowest BCUT2D eigenvalue weighted by atomic mass is 10.2. The van der Waals surface area contributed by atoms with Crippen LogP contribution in [0.25, 0.3) is 0 Å².